The second-order valence-electron chi connectivity index (χ2n) is 10.3. The van der Waals surface area contributed by atoms with Crippen LogP contribution in [0.4, 0.5) is 5.69 Å². The number of nitrogens with zero attached hydrogens (tertiary/aromatic N) is 5. The first-order chi connectivity index (χ1) is 19.7. The molecule has 0 aliphatic carbocycles. The molecule has 1 unspecified atom stereocenters. The smallest absolute Gasteiger partial charge is 0.251 e. The fourth-order valence-electron chi connectivity index (χ4n) is 4.65. The molecular weight excluding hydrogens is 538 g/mol. The van der Waals surface area contributed by atoms with Crippen molar-refractivity contribution in [1.29, 1.82) is 0 Å². The third-order valence-electron chi connectivity index (χ3n) is 6.74. The van der Waals surface area contributed by atoms with Crippen LogP contribution in [0.5, 0.6) is 0 Å². The number of benzene rings is 2. The molecule has 0 radical (unpaired) electrons. The van der Waals surface area contributed by atoms with Gasteiger partial charge in [-0.15, -0.1) is 0 Å². The molecular formula is C31H26ClN7O2. The van der Waals surface area contributed by atoms with Crippen LogP contribution in [0.25, 0.3) is 44.6 Å². The van der Waals surface area contributed by atoms with Crippen molar-refractivity contribution in [2.45, 2.75) is 32.4 Å². The predicted molar refractivity (Wildman–Crippen MR) is 161 cm³/mol. The number of halogens is 1. The minimum absolute atomic E-state index is 0.329. The summed E-state index contributed by atoms with van der Waals surface area (Å²) in [5.74, 6) is 0. The van der Waals surface area contributed by atoms with Crippen LogP contribution in [0.1, 0.15) is 38.2 Å². The van der Waals surface area contributed by atoms with Crippen LogP contribution in [0.3, 0.4) is 0 Å². The fourth-order valence-corrected chi connectivity index (χ4v) is 4.92. The zero-order valence-electron chi connectivity index (χ0n) is 22.6. The largest absolute Gasteiger partial charge is 0.384 e. The van der Waals surface area contributed by atoms with Crippen molar-refractivity contribution in [3.05, 3.63) is 106 Å². The zero-order valence-corrected chi connectivity index (χ0v) is 23.3. The molecule has 1 atom stereocenters. The number of aliphatic hydroxyl groups is 1. The molecule has 4 aromatic heterocycles. The molecule has 10 heteroatoms. The second kappa shape index (κ2) is 10.3. The Balaban J connectivity index is 1.54. The minimum Gasteiger partial charge on any atom is -0.384 e. The van der Waals surface area contributed by atoms with E-state index in [2.05, 4.69) is 25.3 Å². The number of aromatic amines is 1. The van der Waals surface area contributed by atoms with Crippen LogP contribution >= 0.6 is 11.6 Å². The average molecular weight is 564 g/mol. The average Bonchev–Trinajstić information content (AvgIpc) is 2.96. The number of hydrogen-bond acceptors (Lipinski definition) is 8. The second-order valence-corrected chi connectivity index (χ2v) is 10.7. The molecule has 0 saturated heterocycles. The number of fused-ring (bicyclic) bond motifs is 2. The quantitative estimate of drug-likeness (QED) is 0.223. The van der Waals surface area contributed by atoms with Crippen molar-refractivity contribution in [2.75, 3.05) is 5.32 Å². The third-order valence-corrected chi connectivity index (χ3v) is 7.03. The highest BCUT2D eigenvalue weighted by molar-refractivity contribution is 6.35. The summed E-state index contributed by atoms with van der Waals surface area (Å²) in [5, 5.41) is 15.1. The topological polar surface area (TPSA) is 130 Å². The van der Waals surface area contributed by atoms with Gasteiger partial charge in [-0.2, -0.15) is 0 Å². The Kier molecular flexibility index (Phi) is 6.69. The molecule has 0 aliphatic heterocycles. The predicted octanol–water partition coefficient (Wildman–Crippen LogP) is 6.04. The van der Waals surface area contributed by atoms with Gasteiger partial charge in [-0.05, 0) is 39.0 Å². The summed E-state index contributed by atoms with van der Waals surface area (Å²) in [6, 6.07) is 18.4. The minimum atomic E-state index is -1.15. The summed E-state index contributed by atoms with van der Waals surface area (Å²) < 4.78 is 0. The highest BCUT2D eigenvalue weighted by Gasteiger charge is 2.22. The van der Waals surface area contributed by atoms with E-state index in [0.717, 1.165) is 16.5 Å². The van der Waals surface area contributed by atoms with E-state index in [4.69, 9.17) is 21.6 Å². The summed E-state index contributed by atoms with van der Waals surface area (Å²) in [4.78, 5) is 38.8. The molecule has 0 amide bonds. The van der Waals surface area contributed by atoms with E-state index in [-0.39, 0.29) is 11.6 Å². The van der Waals surface area contributed by atoms with Crippen LogP contribution in [-0.4, -0.2) is 35.0 Å². The third kappa shape index (κ3) is 5.25. The van der Waals surface area contributed by atoms with Crippen molar-refractivity contribution in [2.24, 2.45) is 0 Å². The number of rotatable bonds is 6. The summed E-state index contributed by atoms with van der Waals surface area (Å²) in [5.41, 5.74) is 4.34. The number of H-pyrrole nitrogens is 1. The molecule has 3 N–H and O–H groups in total. The standard InChI is InChI=1S/C31H26ClN7O2/c1-17(23-15-33-16-24(36-23)31(2,3)41)35-22-14-25(40)37-30-29(22)38-28(27(39-30)18-8-5-4-6-9-18)20-12-19-10-7-11-34-26(19)21(32)13-20/h4-17,41H,1-3H3,(H2,35,37,39,40). The van der Waals surface area contributed by atoms with E-state index in [1.54, 1.807) is 26.2 Å². The van der Waals surface area contributed by atoms with Crippen molar-refractivity contribution in [3.63, 3.8) is 0 Å². The highest BCUT2D eigenvalue weighted by Crippen LogP contribution is 2.36. The molecule has 9 nitrogen and oxygen atoms in total. The molecule has 0 aliphatic rings. The Labute approximate surface area is 240 Å². The van der Waals surface area contributed by atoms with Gasteiger partial charge >= 0.3 is 0 Å². The van der Waals surface area contributed by atoms with Gasteiger partial charge < -0.3 is 15.4 Å². The molecule has 0 bridgehead atoms. The van der Waals surface area contributed by atoms with Gasteiger partial charge in [-0.3, -0.25) is 14.8 Å². The maximum absolute atomic E-state index is 12.8. The Bertz CT molecular complexity index is 1970. The first kappa shape index (κ1) is 26.5. The van der Waals surface area contributed by atoms with Gasteiger partial charge in [0, 0.05) is 28.8 Å². The van der Waals surface area contributed by atoms with Crippen LogP contribution in [-0.2, 0) is 5.60 Å². The Morgan fingerprint density at radius 3 is 2.49 bits per heavy atom. The van der Waals surface area contributed by atoms with E-state index < -0.39 is 5.60 Å². The maximum Gasteiger partial charge on any atom is 0.251 e. The van der Waals surface area contributed by atoms with Gasteiger partial charge in [0.05, 0.1) is 57.4 Å². The molecule has 0 spiro atoms. The molecule has 0 saturated carbocycles. The van der Waals surface area contributed by atoms with Gasteiger partial charge in [0.1, 0.15) is 11.1 Å². The zero-order chi connectivity index (χ0) is 28.7. The first-order valence-corrected chi connectivity index (χ1v) is 13.4. The van der Waals surface area contributed by atoms with Crippen molar-refractivity contribution in [1.82, 2.24) is 29.9 Å². The number of aromatic nitrogens is 6. The van der Waals surface area contributed by atoms with Gasteiger partial charge in [-0.1, -0.05) is 48.0 Å². The van der Waals surface area contributed by atoms with Crippen molar-refractivity contribution < 1.29 is 5.11 Å². The lowest BCUT2D eigenvalue weighted by molar-refractivity contribution is 0.0731. The van der Waals surface area contributed by atoms with Gasteiger partial charge in [-0.25, -0.2) is 15.0 Å². The lowest BCUT2D eigenvalue weighted by Gasteiger charge is -2.20. The molecule has 41 heavy (non-hydrogen) atoms. The summed E-state index contributed by atoms with van der Waals surface area (Å²) in [6.07, 6.45) is 4.86. The maximum atomic E-state index is 12.8. The Morgan fingerprint density at radius 2 is 1.71 bits per heavy atom. The van der Waals surface area contributed by atoms with E-state index in [1.807, 2.05) is 61.5 Å². The summed E-state index contributed by atoms with van der Waals surface area (Å²) in [7, 11) is 0. The molecule has 2 aromatic carbocycles. The number of hydrogen-bond donors (Lipinski definition) is 3. The monoisotopic (exact) mass is 563 g/mol. The molecule has 6 aromatic rings. The van der Waals surface area contributed by atoms with Gasteiger partial charge in [0.25, 0.3) is 5.56 Å². The van der Waals surface area contributed by atoms with Crippen molar-refractivity contribution >= 4 is 39.4 Å². The Morgan fingerprint density at radius 1 is 0.927 bits per heavy atom. The first-order valence-electron chi connectivity index (χ1n) is 13.0. The number of anilines is 1. The molecule has 204 valence electrons. The van der Waals surface area contributed by atoms with Gasteiger partial charge in [0.15, 0.2) is 5.65 Å². The van der Waals surface area contributed by atoms with Crippen molar-refractivity contribution in [3.8, 4) is 22.5 Å². The van der Waals surface area contributed by atoms with Crippen LogP contribution < -0.4 is 10.9 Å². The normalized spacial score (nSPS) is 12.5. The van der Waals surface area contributed by atoms with E-state index in [1.165, 1.54) is 12.3 Å². The van der Waals surface area contributed by atoms with E-state index in [9.17, 15) is 9.90 Å². The van der Waals surface area contributed by atoms with Crippen LogP contribution in [0.15, 0.2) is 84.0 Å². The Hall–Kier alpha value is -4.73. The molecule has 0 fully saturated rings. The highest BCUT2D eigenvalue weighted by atomic mass is 35.5. The lowest BCUT2D eigenvalue weighted by Crippen LogP contribution is -2.20. The van der Waals surface area contributed by atoms with Crippen LogP contribution in [0, 0.1) is 0 Å². The van der Waals surface area contributed by atoms with Gasteiger partial charge in [0.2, 0.25) is 0 Å². The SMILES string of the molecule is CC(Nc1cc(=O)[nH]c2nc(-c3ccccc3)c(-c3cc(Cl)c4ncccc4c3)nc12)c1cncc(C(C)(C)O)n1. The van der Waals surface area contributed by atoms with Crippen LogP contribution in [0.2, 0.25) is 5.02 Å². The van der Waals surface area contributed by atoms with E-state index in [0.29, 0.717) is 50.2 Å². The number of pyridine rings is 2. The molecule has 6 rings (SSSR count). The lowest BCUT2D eigenvalue weighted by atomic mass is 10.0. The van der Waals surface area contributed by atoms with E-state index >= 15 is 0 Å². The molecule has 4 heterocycles. The summed E-state index contributed by atoms with van der Waals surface area (Å²) in [6.45, 7) is 5.20. The fraction of sp³-hybridized carbons (Fsp3) is 0.161. The summed E-state index contributed by atoms with van der Waals surface area (Å²) >= 11 is 6.66. The number of nitrogens with one attached hydrogen (secondary N) is 2.